The molecule has 1 N–H and O–H groups in total. The van der Waals surface area contributed by atoms with Crippen LogP contribution in [0, 0.1) is 17.0 Å². The van der Waals surface area contributed by atoms with Crippen LogP contribution in [0.3, 0.4) is 0 Å². The van der Waals surface area contributed by atoms with Crippen LogP contribution in [0.2, 0.25) is 0 Å². The average molecular weight is 600 g/mol. The quantitative estimate of drug-likeness (QED) is 0.299. The molecule has 0 saturated carbocycles. The summed E-state index contributed by atoms with van der Waals surface area (Å²) in [6, 6.07) is 16.2. The van der Waals surface area contributed by atoms with E-state index < -0.39 is 30.4 Å². The monoisotopic (exact) mass is 599 g/mol. The Balaban J connectivity index is 1.30. The number of rotatable bonds is 6. The molecule has 0 amide bonds. The molecule has 3 aliphatic rings. The zero-order valence-corrected chi connectivity index (χ0v) is 24.2. The average Bonchev–Trinajstić information content (AvgIpc) is 3.21. The third-order valence-corrected chi connectivity index (χ3v) is 9.33. The Kier molecular flexibility index (Phi) is 8.65. The largest absolute Gasteiger partial charge is 0.489 e. The minimum Gasteiger partial charge on any atom is -0.489 e. The van der Waals surface area contributed by atoms with E-state index in [1.807, 2.05) is 30.3 Å². The fraction of sp³-hybridized carbons (Fsp3) is 0.471. The van der Waals surface area contributed by atoms with Gasteiger partial charge in [-0.2, -0.15) is 13.2 Å². The van der Waals surface area contributed by atoms with Crippen molar-refractivity contribution in [1.82, 2.24) is 10.2 Å². The van der Waals surface area contributed by atoms with Gasteiger partial charge in [-0.15, -0.1) is 0 Å². The number of alkyl halides is 3. The summed E-state index contributed by atoms with van der Waals surface area (Å²) in [5, 5.41) is 3.45. The normalized spacial score (nSPS) is 23.2. The van der Waals surface area contributed by atoms with Gasteiger partial charge in [0.15, 0.2) is 0 Å². The summed E-state index contributed by atoms with van der Waals surface area (Å²) in [5.74, 6) is -1.06. The second kappa shape index (κ2) is 12.4. The fourth-order valence-corrected chi connectivity index (χ4v) is 7.27. The van der Waals surface area contributed by atoms with Crippen molar-refractivity contribution < 1.29 is 26.7 Å². The van der Waals surface area contributed by atoms with E-state index in [1.54, 1.807) is 18.2 Å². The van der Waals surface area contributed by atoms with Gasteiger partial charge in [-0.1, -0.05) is 36.4 Å². The van der Waals surface area contributed by atoms with Crippen molar-refractivity contribution in [3.8, 4) is 5.75 Å². The zero-order valence-electron chi connectivity index (χ0n) is 24.2. The highest BCUT2D eigenvalue weighted by Crippen LogP contribution is 2.43. The van der Waals surface area contributed by atoms with Gasteiger partial charge in [0.2, 0.25) is 0 Å². The molecule has 230 valence electrons. The molecule has 2 fully saturated rings. The molecular formula is C34H38F5N3O. The molecule has 0 bridgehead atoms. The minimum absolute atomic E-state index is 0.0165. The van der Waals surface area contributed by atoms with Crippen molar-refractivity contribution in [1.29, 1.82) is 0 Å². The summed E-state index contributed by atoms with van der Waals surface area (Å²) < 4.78 is 79.0. The Morgan fingerprint density at radius 3 is 2.42 bits per heavy atom. The first-order valence-corrected chi connectivity index (χ1v) is 15.2. The maximum absolute atomic E-state index is 16.0. The van der Waals surface area contributed by atoms with Crippen LogP contribution in [-0.2, 0) is 13.0 Å². The van der Waals surface area contributed by atoms with E-state index in [1.165, 1.54) is 12.1 Å². The summed E-state index contributed by atoms with van der Waals surface area (Å²) >= 11 is 0. The molecule has 3 aromatic carbocycles. The van der Waals surface area contributed by atoms with Crippen LogP contribution >= 0.6 is 0 Å². The molecule has 0 aromatic heterocycles. The predicted molar refractivity (Wildman–Crippen MR) is 157 cm³/mol. The van der Waals surface area contributed by atoms with Crippen LogP contribution in [0.5, 0.6) is 5.75 Å². The molecule has 9 heteroatoms. The number of benzene rings is 3. The van der Waals surface area contributed by atoms with Gasteiger partial charge in [-0.05, 0) is 98.0 Å². The molecule has 0 radical (unpaired) electrons. The summed E-state index contributed by atoms with van der Waals surface area (Å²) in [6.07, 6.45) is 1.00. The van der Waals surface area contributed by atoms with E-state index in [9.17, 15) is 13.2 Å². The van der Waals surface area contributed by atoms with Crippen molar-refractivity contribution in [2.75, 3.05) is 44.2 Å². The van der Waals surface area contributed by atoms with Gasteiger partial charge in [0.1, 0.15) is 24.0 Å². The first kappa shape index (κ1) is 29.9. The van der Waals surface area contributed by atoms with E-state index in [2.05, 4.69) is 10.2 Å². The van der Waals surface area contributed by atoms with E-state index in [0.717, 1.165) is 67.8 Å². The second-order valence-electron chi connectivity index (χ2n) is 12.3. The Hall–Kier alpha value is -3.17. The Labute approximate surface area is 249 Å². The van der Waals surface area contributed by atoms with Crippen LogP contribution in [-0.4, -0.2) is 50.3 Å². The predicted octanol–water partition coefficient (Wildman–Crippen LogP) is 7.41. The number of anilines is 1. The number of ether oxygens (including phenoxy) is 1. The van der Waals surface area contributed by atoms with Crippen LogP contribution in [0.4, 0.5) is 27.6 Å². The van der Waals surface area contributed by atoms with Gasteiger partial charge in [0.05, 0.1) is 12.6 Å². The Morgan fingerprint density at radius 2 is 1.65 bits per heavy atom. The van der Waals surface area contributed by atoms with Gasteiger partial charge >= 0.3 is 6.18 Å². The molecule has 43 heavy (non-hydrogen) atoms. The molecule has 4 nitrogen and oxygen atoms in total. The number of fused-ring (bicyclic) bond motifs is 1. The number of hydrogen-bond acceptors (Lipinski definition) is 4. The van der Waals surface area contributed by atoms with Crippen molar-refractivity contribution >= 4 is 5.69 Å². The Bertz CT molecular complexity index is 1380. The lowest BCUT2D eigenvalue weighted by Gasteiger charge is -2.44. The second-order valence-corrected chi connectivity index (χ2v) is 12.3. The molecule has 2 saturated heterocycles. The summed E-state index contributed by atoms with van der Waals surface area (Å²) in [5.41, 5.74) is 2.41. The minimum atomic E-state index is -4.52. The van der Waals surface area contributed by atoms with Crippen LogP contribution in [0.1, 0.15) is 60.4 Å². The molecule has 0 aliphatic carbocycles. The van der Waals surface area contributed by atoms with Crippen molar-refractivity contribution in [2.24, 2.45) is 5.41 Å². The number of hydrogen-bond donors (Lipinski definition) is 1. The van der Waals surface area contributed by atoms with Crippen LogP contribution in [0.25, 0.3) is 0 Å². The molecule has 3 heterocycles. The summed E-state index contributed by atoms with van der Waals surface area (Å²) in [6.45, 7) is 2.44. The molecule has 2 unspecified atom stereocenters. The zero-order chi connectivity index (χ0) is 30.0. The molecule has 2 atom stereocenters. The molecule has 1 spiro atoms. The van der Waals surface area contributed by atoms with Gasteiger partial charge in [-0.25, -0.2) is 8.78 Å². The first-order valence-electron chi connectivity index (χ1n) is 15.2. The van der Waals surface area contributed by atoms with Crippen molar-refractivity contribution in [3.63, 3.8) is 0 Å². The first-order chi connectivity index (χ1) is 20.7. The maximum Gasteiger partial charge on any atom is 0.401 e. The number of nitrogens with zero attached hydrogens (tertiary/aromatic N) is 2. The maximum atomic E-state index is 16.0. The van der Waals surface area contributed by atoms with Crippen LogP contribution < -0.4 is 15.0 Å². The lowest BCUT2D eigenvalue weighted by atomic mass is 9.74. The lowest BCUT2D eigenvalue weighted by molar-refractivity contribution is -0.150. The van der Waals surface area contributed by atoms with Crippen LogP contribution in [0.15, 0.2) is 60.7 Å². The third-order valence-electron chi connectivity index (χ3n) is 9.33. The van der Waals surface area contributed by atoms with Crippen molar-refractivity contribution in [3.05, 3.63) is 94.6 Å². The van der Waals surface area contributed by atoms with E-state index in [-0.39, 0.29) is 17.5 Å². The smallest absolute Gasteiger partial charge is 0.401 e. The van der Waals surface area contributed by atoms with Gasteiger partial charge < -0.3 is 15.0 Å². The highest BCUT2D eigenvalue weighted by molar-refractivity contribution is 5.53. The number of halogens is 5. The van der Waals surface area contributed by atoms with E-state index in [0.29, 0.717) is 36.6 Å². The van der Waals surface area contributed by atoms with Gasteiger partial charge in [-0.3, -0.25) is 4.90 Å². The summed E-state index contributed by atoms with van der Waals surface area (Å²) in [7, 11) is 0. The standard InChI is InChI=1S/C34H38F5N3O/c35-29-19-26(41-16-5-12-33(22-41)11-4-14-40-15-13-33)20-30(36)31(29)32-28-9-8-27(43-21-24-6-2-1-3-7-24)18-25(28)10-17-42(32)23-34(37,38)39/h1-3,6-9,18-20,32,40H,4-5,10-17,21-23H2. The van der Waals surface area contributed by atoms with Gasteiger partial charge in [0.25, 0.3) is 0 Å². The van der Waals surface area contributed by atoms with Crippen molar-refractivity contribution in [2.45, 2.75) is 57.3 Å². The van der Waals surface area contributed by atoms with E-state index >= 15 is 8.78 Å². The molecule has 3 aromatic rings. The lowest BCUT2D eigenvalue weighted by Crippen LogP contribution is -2.44. The third kappa shape index (κ3) is 6.83. The number of piperidine rings is 1. The van der Waals surface area contributed by atoms with E-state index in [4.69, 9.17) is 4.74 Å². The summed E-state index contributed by atoms with van der Waals surface area (Å²) in [4.78, 5) is 3.20. The number of nitrogens with one attached hydrogen (secondary N) is 1. The highest BCUT2D eigenvalue weighted by atomic mass is 19.4. The van der Waals surface area contributed by atoms with Gasteiger partial charge in [0, 0.05) is 30.9 Å². The molecule has 6 rings (SSSR count). The SMILES string of the molecule is Fc1cc(N2CCCC3(CCCNCC3)C2)cc(F)c1C1c2ccc(OCc3ccccc3)cc2CCN1CC(F)(F)F. The molecule has 3 aliphatic heterocycles. The fourth-order valence-electron chi connectivity index (χ4n) is 7.27. The highest BCUT2D eigenvalue weighted by Gasteiger charge is 2.41. The topological polar surface area (TPSA) is 27.7 Å². The molecular weight excluding hydrogens is 561 g/mol. The Morgan fingerprint density at radius 1 is 0.884 bits per heavy atom.